The highest BCUT2D eigenvalue weighted by Gasteiger charge is 2.24. The third-order valence-corrected chi connectivity index (χ3v) is 5.43. The van der Waals surface area contributed by atoms with Gasteiger partial charge in [0.1, 0.15) is 22.5 Å². The topological polar surface area (TPSA) is 86.6 Å². The number of amides is 1. The highest BCUT2D eigenvalue weighted by Crippen LogP contribution is 2.35. The second kappa shape index (κ2) is 7.31. The number of benzene rings is 2. The van der Waals surface area contributed by atoms with Crippen LogP contribution in [0.15, 0.2) is 42.5 Å². The molecule has 0 radical (unpaired) electrons. The molecule has 0 bridgehead atoms. The summed E-state index contributed by atoms with van der Waals surface area (Å²) < 4.78 is 13.8. The van der Waals surface area contributed by atoms with Gasteiger partial charge in [0, 0.05) is 16.5 Å². The van der Waals surface area contributed by atoms with Gasteiger partial charge in [-0.2, -0.15) is 0 Å². The molecule has 1 aromatic heterocycles. The number of nitrogens with one attached hydrogen (secondary N) is 1. The van der Waals surface area contributed by atoms with Crippen molar-refractivity contribution in [3.63, 3.8) is 0 Å². The zero-order valence-electron chi connectivity index (χ0n) is 13.2. The van der Waals surface area contributed by atoms with Crippen molar-refractivity contribution in [2.45, 2.75) is 12.5 Å². The standard InChI is InChI=1S/C18H13ClFNO4S/c19-15-12-6-3-10(20)8-14(12)26-16(15)17(23)21-13(18(24)25)7-9-1-4-11(22)5-2-9/h1-6,8,13,22H,7H2,(H,21,23)(H,24,25)/t13-/m1/s1. The molecular weight excluding hydrogens is 381 g/mol. The van der Waals surface area contributed by atoms with Crippen LogP contribution in [0.4, 0.5) is 4.39 Å². The Morgan fingerprint density at radius 2 is 1.88 bits per heavy atom. The van der Waals surface area contributed by atoms with Crippen LogP contribution in [0.2, 0.25) is 5.02 Å². The summed E-state index contributed by atoms with van der Waals surface area (Å²) >= 11 is 7.20. The first-order valence-corrected chi connectivity index (χ1v) is 8.73. The van der Waals surface area contributed by atoms with E-state index in [1.807, 2.05) is 0 Å². The number of hydrogen-bond acceptors (Lipinski definition) is 4. The van der Waals surface area contributed by atoms with Crippen LogP contribution in [0.1, 0.15) is 15.2 Å². The summed E-state index contributed by atoms with van der Waals surface area (Å²) in [6, 6.07) is 8.84. The molecule has 0 saturated heterocycles. The van der Waals surface area contributed by atoms with Crippen LogP contribution in [0, 0.1) is 5.82 Å². The minimum Gasteiger partial charge on any atom is -0.508 e. The lowest BCUT2D eigenvalue weighted by molar-refractivity contribution is -0.139. The number of aliphatic carboxylic acids is 1. The van der Waals surface area contributed by atoms with Crippen LogP contribution in [0.5, 0.6) is 5.75 Å². The van der Waals surface area contributed by atoms with Crippen LogP contribution >= 0.6 is 22.9 Å². The summed E-state index contributed by atoms with van der Waals surface area (Å²) in [4.78, 5) is 24.1. The number of phenols is 1. The van der Waals surface area contributed by atoms with E-state index in [9.17, 15) is 24.2 Å². The van der Waals surface area contributed by atoms with E-state index < -0.39 is 23.7 Å². The third-order valence-electron chi connectivity index (χ3n) is 3.78. The van der Waals surface area contributed by atoms with Gasteiger partial charge in [-0.25, -0.2) is 9.18 Å². The summed E-state index contributed by atoms with van der Waals surface area (Å²) in [7, 11) is 0. The number of carboxylic acid groups (broad SMARTS) is 1. The molecule has 0 aliphatic heterocycles. The normalized spacial score (nSPS) is 12.1. The Kier molecular flexibility index (Phi) is 5.11. The first-order chi connectivity index (χ1) is 12.3. The average molecular weight is 394 g/mol. The Bertz CT molecular complexity index is 987. The van der Waals surface area contributed by atoms with Gasteiger partial charge in [-0.1, -0.05) is 23.7 Å². The second-order valence-corrected chi connectivity index (χ2v) is 7.05. The number of hydrogen-bond donors (Lipinski definition) is 3. The molecule has 134 valence electrons. The Morgan fingerprint density at radius 1 is 1.19 bits per heavy atom. The molecule has 1 amide bonds. The second-order valence-electron chi connectivity index (χ2n) is 5.62. The molecule has 0 aliphatic rings. The van der Waals surface area contributed by atoms with Crippen molar-refractivity contribution < 1.29 is 24.2 Å². The summed E-state index contributed by atoms with van der Waals surface area (Å²) in [6.45, 7) is 0. The highest BCUT2D eigenvalue weighted by atomic mass is 35.5. The number of fused-ring (bicyclic) bond motifs is 1. The molecule has 3 rings (SSSR count). The molecule has 1 heterocycles. The fourth-order valence-electron chi connectivity index (χ4n) is 2.48. The largest absolute Gasteiger partial charge is 0.508 e. The van der Waals surface area contributed by atoms with Crippen molar-refractivity contribution in [2.75, 3.05) is 0 Å². The van der Waals surface area contributed by atoms with E-state index in [2.05, 4.69) is 5.32 Å². The molecule has 3 aromatic rings. The van der Waals surface area contributed by atoms with E-state index in [1.165, 1.54) is 30.3 Å². The fourth-order valence-corrected chi connectivity index (χ4v) is 3.92. The number of aromatic hydroxyl groups is 1. The molecule has 8 heteroatoms. The Labute approximate surface area is 156 Å². The molecule has 0 unspecified atom stereocenters. The van der Waals surface area contributed by atoms with Crippen molar-refractivity contribution in [1.29, 1.82) is 0 Å². The molecule has 3 N–H and O–H groups in total. The smallest absolute Gasteiger partial charge is 0.326 e. The Balaban J connectivity index is 1.83. The minimum atomic E-state index is -1.20. The number of halogens is 2. The molecule has 0 spiro atoms. The van der Waals surface area contributed by atoms with Gasteiger partial charge in [0.25, 0.3) is 5.91 Å². The molecule has 0 saturated carbocycles. The van der Waals surface area contributed by atoms with Gasteiger partial charge in [-0.05, 0) is 35.9 Å². The van der Waals surface area contributed by atoms with Gasteiger partial charge in [0.15, 0.2) is 0 Å². The van der Waals surface area contributed by atoms with Crippen molar-refractivity contribution in [3.8, 4) is 5.75 Å². The monoisotopic (exact) mass is 393 g/mol. The van der Waals surface area contributed by atoms with Crippen molar-refractivity contribution >= 4 is 44.9 Å². The van der Waals surface area contributed by atoms with E-state index in [4.69, 9.17) is 11.6 Å². The van der Waals surface area contributed by atoms with E-state index in [0.29, 0.717) is 15.6 Å². The Hall–Kier alpha value is -2.64. The quantitative estimate of drug-likeness (QED) is 0.615. The predicted octanol–water partition coefficient (Wildman–Crippen LogP) is 3.83. The van der Waals surface area contributed by atoms with E-state index >= 15 is 0 Å². The maximum atomic E-state index is 13.3. The lowest BCUT2D eigenvalue weighted by Crippen LogP contribution is -2.42. The molecular formula is C18H13ClFNO4S. The van der Waals surface area contributed by atoms with Crippen molar-refractivity contribution in [1.82, 2.24) is 5.32 Å². The predicted molar refractivity (Wildman–Crippen MR) is 97.5 cm³/mol. The molecule has 5 nitrogen and oxygen atoms in total. The zero-order chi connectivity index (χ0) is 18.8. The van der Waals surface area contributed by atoms with Gasteiger partial charge in [0.2, 0.25) is 0 Å². The lowest BCUT2D eigenvalue weighted by Gasteiger charge is -2.14. The van der Waals surface area contributed by atoms with Crippen molar-refractivity contribution in [3.05, 3.63) is 63.7 Å². The molecule has 1 atom stereocenters. The average Bonchev–Trinajstić information content (AvgIpc) is 2.92. The number of thiophene rings is 1. The summed E-state index contributed by atoms with van der Waals surface area (Å²) in [5.41, 5.74) is 0.639. The highest BCUT2D eigenvalue weighted by molar-refractivity contribution is 7.21. The number of rotatable bonds is 5. The SMILES string of the molecule is O=C(N[C@H](Cc1ccc(O)cc1)C(=O)O)c1sc2cc(F)ccc2c1Cl. The maximum absolute atomic E-state index is 13.3. The van der Waals surface area contributed by atoms with Crippen LogP contribution < -0.4 is 5.32 Å². The van der Waals surface area contributed by atoms with Gasteiger partial charge in [-0.3, -0.25) is 4.79 Å². The van der Waals surface area contributed by atoms with E-state index in [1.54, 1.807) is 12.1 Å². The zero-order valence-corrected chi connectivity index (χ0v) is 14.8. The third kappa shape index (κ3) is 3.79. The first kappa shape index (κ1) is 18.2. The van der Waals surface area contributed by atoms with Gasteiger partial charge < -0.3 is 15.5 Å². The molecule has 0 aliphatic carbocycles. The lowest BCUT2D eigenvalue weighted by atomic mass is 10.1. The van der Waals surface area contributed by atoms with Gasteiger partial charge in [-0.15, -0.1) is 11.3 Å². The number of carboxylic acids is 1. The molecule has 2 aromatic carbocycles. The maximum Gasteiger partial charge on any atom is 0.326 e. The van der Waals surface area contributed by atoms with E-state index in [-0.39, 0.29) is 22.1 Å². The van der Waals surface area contributed by atoms with Crippen LogP contribution in [-0.4, -0.2) is 28.1 Å². The number of carbonyl (C=O) groups is 2. The summed E-state index contributed by atoms with van der Waals surface area (Å²) in [5, 5.41) is 21.8. The minimum absolute atomic E-state index is 0.0402. The van der Waals surface area contributed by atoms with Crippen molar-refractivity contribution in [2.24, 2.45) is 0 Å². The first-order valence-electron chi connectivity index (χ1n) is 7.54. The summed E-state index contributed by atoms with van der Waals surface area (Å²) in [5.74, 6) is -2.22. The van der Waals surface area contributed by atoms with E-state index in [0.717, 1.165) is 11.3 Å². The summed E-state index contributed by atoms with van der Waals surface area (Å²) in [6.07, 6.45) is 0.0402. The Morgan fingerprint density at radius 3 is 2.54 bits per heavy atom. The van der Waals surface area contributed by atoms with Crippen LogP contribution in [-0.2, 0) is 11.2 Å². The number of carbonyl (C=O) groups excluding carboxylic acids is 1. The van der Waals surface area contributed by atoms with Crippen LogP contribution in [0.3, 0.4) is 0 Å². The fraction of sp³-hybridized carbons (Fsp3) is 0.111. The van der Waals surface area contributed by atoms with Gasteiger partial charge >= 0.3 is 5.97 Å². The molecule has 0 fully saturated rings. The molecule has 26 heavy (non-hydrogen) atoms. The number of phenolic OH excluding ortho intramolecular Hbond substituents is 1. The van der Waals surface area contributed by atoms with Crippen LogP contribution in [0.25, 0.3) is 10.1 Å². The van der Waals surface area contributed by atoms with Gasteiger partial charge in [0.05, 0.1) is 5.02 Å².